The Labute approximate surface area is 161 Å². The van der Waals surface area contributed by atoms with Crippen molar-refractivity contribution in [2.45, 2.75) is 57.9 Å². The van der Waals surface area contributed by atoms with Gasteiger partial charge in [0.15, 0.2) is 5.96 Å². The largest absolute Gasteiger partial charge is 0.506 e. The van der Waals surface area contributed by atoms with E-state index in [-0.39, 0.29) is 5.75 Å². The summed E-state index contributed by atoms with van der Waals surface area (Å²) in [6, 6.07) is 5.01. The lowest BCUT2D eigenvalue weighted by atomic mass is 9.86. The van der Waals surface area contributed by atoms with Crippen molar-refractivity contribution >= 4 is 17.6 Å². The van der Waals surface area contributed by atoms with Crippen LogP contribution in [0.1, 0.15) is 62.2 Å². The lowest BCUT2D eigenvalue weighted by molar-refractivity contribution is 0.0601. The zero-order chi connectivity index (χ0) is 19.2. The number of piperidine rings is 1. The maximum Gasteiger partial charge on any atom is 0.337 e. The van der Waals surface area contributed by atoms with Gasteiger partial charge in [-0.3, -0.25) is 0 Å². The number of esters is 1. The number of benzene rings is 1. The molecule has 0 aromatic heterocycles. The summed E-state index contributed by atoms with van der Waals surface area (Å²) in [7, 11) is 1.35. The molecule has 1 aliphatic carbocycles. The van der Waals surface area contributed by atoms with Gasteiger partial charge in [-0.2, -0.15) is 0 Å². The number of carbonyl (C=O) groups is 1. The molecule has 1 saturated carbocycles. The average molecular weight is 373 g/mol. The van der Waals surface area contributed by atoms with Gasteiger partial charge in [0.05, 0.1) is 24.4 Å². The van der Waals surface area contributed by atoms with Crippen LogP contribution in [0.2, 0.25) is 0 Å². The van der Waals surface area contributed by atoms with Gasteiger partial charge in [-0.1, -0.05) is 19.8 Å². The summed E-state index contributed by atoms with van der Waals surface area (Å²) < 4.78 is 4.80. The van der Waals surface area contributed by atoms with Gasteiger partial charge in [0.1, 0.15) is 5.75 Å². The molecule has 2 aliphatic rings. The van der Waals surface area contributed by atoms with Crippen molar-refractivity contribution in [2.75, 3.05) is 25.5 Å². The van der Waals surface area contributed by atoms with Gasteiger partial charge < -0.3 is 20.1 Å². The monoisotopic (exact) mass is 373 g/mol. The molecule has 2 N–H and O–H groups in total. The van der Waals surface area contributed by atoms with E-state index in [1.54, 1.807) is 12.1 Å². The minimum atomic E-state index is -0.421. The van der Waals surface area contributed by atoms with Crippen LogP contribution in [0.15, 0.2) is 23.2 Å². The number of phenols is 1. The second-order valence-corrected chi connectivity index (χ2v) is 7.68. The van der Waals surface area contributed by atoms with Crippen LogP contribution in [-0.4, -0.2) is 48.2 Å². The molecule has 2 atom stereocenters. The van der Waals surface area contributed by atoms with E-state index < -0.39 is 5.97 Å². The molecule has 0 bridgehead atoms. The van der Waals surface area contributed by atoms with Crippen molar-refractivity contribution in [2.24, 2.45) is 10.9 Å². The Hall–Kier alpha value is -2.24. The summed E-state index contributed by atoms with van der Waals surface area (Å²) >= 11 is 0. The van der Waals surface area contributed by atoms with Crippen LogP contribution in [0, 0.1) is 5.92 Å². The highest BCUT2D eigenvalue weighted by Gasteiger charge is 2.24. The molecule has 27 heavy (non-hydrogen) atoms. The number of hydrogen-bond donors (Lipinski definition) is 2. The first-order valence-electron chi connectivity index (χ1n) is 10.1. The van der Waals surface area contributed by atoms with Crippen molar-refractivity contribution < 1.29 is 14.6 Å². The Morgan fingerprint density at radius 2 is 1.93 bits per heavy atom. The number of phenolic OH excluding ortho intramolecular Hbond substituents is 1. The lowest BCUT2D eigenvalue weighted by Crippen LogP contribution is -2.41. The first-order chi connectivity index (χ1) is 13.1. The molecule has 0 spiro atoms. The van der Waals surface area contributed by atoms with Crippen molar-refractivity contribution in [1.29, 1.82) is 0 Å². The van der Waals surface area contributed by atoms with Gasteiger partial charge in [0.2, 0.25) is 0 Å². The molecule has 0 amide bonds. The van der Waals surface area contributed by atoms with E-state index in [2.05, 4.69) is 17.1 Å². The standard InChI is InChI=1S/C21H31N3O3/c1-15-8-4-5-9-17(15)22-21(24-12-6-3-7-13-24)23-18-14-16(20(26)27-2)10-11-19(18)25/h10-11,14-15,17,25H,3-9,12-13H2,1-2H3,(H,22,23). The molecule has 1 aromatic rings. The van der Waals surface area contributed by atoms with Crippen LogP contribution >= 0.6 is 0 Å². The third-order valence-electron chi connectivity index (χ3n) is 5.67. The molecule has 1 saturated heterocycles. The van der Waals surface area contributed by atoms with Crippen molar-refractivity contribution in [3.05, 3.63) is 23.8 Å². The number of anilines is 1. The molecular weight excluding hydrogens is 342 g/mol. The molecule has 1 aromatic carbocycles. The van der Waals surface area contributed by atoms with E-state index in [9.17, 15) is 9.90 Å². The Balaban J connectivity index is 1.87. The number of aromatic hydroxyl groups is 1. The van der Waals surface area contributed by atoms with Crippen LogP contribution in [0.4, 0.5) is 5.69 Å². The quantitative estimate of drug-likeness (QED) is 0.362. The second-order valence-electron chi connectivity index (χ2n) is 7.68. The molecule has 3 rings (SSSR count). The summed E-state index contributed by atoms with van der Waals surface area (Å²) in [5.41, 5.74) is 0.896. The predicted octanol–water partition coefficient (Wildman–Crippen LogP) is 4.01. The van der Waals surface area contributed by atoms with Crippen molar-refractivity contribution in [1.82, 2.24) is 4.90 Å². The van der Waals surface area contributed by atoms with E-state index >= 15 is 0 Å². The molecule has 2 fully saturated rings. The van der Waals surface area contributed by atoms with E-state index in [4.69, 9.17) is 9.73 Å². The molecule has 6 nitrogen and oxygen atoms in total. The maximum atomic E-state index is 11.9. The number of carbonyl (C=O) groups excluding carboxylic acids is 1. The minimum absolute atomic E-state index is 0.101. The highest BCUT2D eigenvalue weighted by molar-refractivity contribution is 5.97. The Morgan fingerprint density at radius 3 is 2.63 bits per heavy atom. The number of nitrogens with zero attached hydrogens (tertiary/aromatic N) is 2. The fourth-order valence-corrected chi connectivity index (χ4v) is 3.95. The molecule has 0 radical (unpaired) electrons. The molecule has 1 heterocycles. The average Bonchev–Trinajstić information content (AvgIpc) is 2.70. The van der Waals surface area contributed by atoms with Gasteiger partial charge in [-0.05, 0) is 56.2 Å². The first kappa shape index (κ1) is 19.5. The maximum absolute atomic E-state index is 11.9. The molecule has 6 heteroatoms. The van der Waals surface area contributed by atoms with E-state index in [1.165, 1.54) is 38.9 Å². The molecular formula is C21H31N3O3. The zero-order valence-corrected chi connectivity index (χ0v) is 16.4. The smallest absolute Gasteiger partial charge is 0.337 e. The third kappa shape index (κ3) is 4.93. The van der Waals surface area contributed by atoms with Crippen LogP contribution in [0.3, 0.4) is 0 Å². The van der Waals surface area contributed by atoms with Crippen LogP contribution in [0.25, 0.3) is 0 Å². The summed E-state index contributed by atoms with van der Waals surface area (Å²) in [4.78, 5) is 19.2. The first-order valence-corrected chi connectivity index (χ1v) is 10.1. The Kier molecular flexibility index (Phi) is 6.58. The summed E-state index contributed by atoms with van der Waals surface area (Å²) in [6.07, 6.45) is 8.35. The van der Waals surface area contributed by atoms with E-state index in [0.717, 1.165) is 38.3 Å². The zero-order valence-electron chi connectivity index (χ0n) is 16.4. The Bertz CT molecular complexity index is 683. The van der Waals surface area contributed by atoms with Crippen molar-refractivity contribution in [3.63, 3.8) is 0 Å². The van der Waals surface area contributed by atoms with Crippen molar-refractivity contribution in [3.8, 4) is 5.75 Å². The van der Waals surface area contributed by atoms with Gasteiger partial charge in [-0.15, -0.1) is 0 Å². The Morgan fingerprint density at radius 1 is 1.19 bits per heavy atom. The van der Waals surface area contributed by atoms with Gasteiger partial charge >= 0.3 is 5.97 Å². The number of rotatable bonds is 3. The van der Waals surface area contributed by atoms with E-state index in [1.807, 2.05) is 0 Å². The third-order valence-corrected chi connectivity index (χ3v) is 5.67. The molecule has 148 valence electrons. The van der Waals surface area contributed by atoms with Gasteiger partial charge in [0, 0.05) is 13.1 Å². The fourth-order valence-electron chi connectivity index (χ4n) is 3.95. The van der Waals surface area contributed by atoms with Gasteiger partial charge in [0.25, 0.3) is 0 Å². The number of methoxy groups -OCH3 is 1. The highest BCUT2D eigenvalue weighted by Crippen LogP contribution is 2.29. The minimum Gasteiger partial charge on any atom is -0.506 e. The highest BCUT2D eigenvalue weighted by atomic mass is 16.5. The molecule has 1 aliphatic heterocycles. The summed E-state index contributed by atoms with van der Waals surface area (Å²) in [5, 5.41) is 13.6. The number of ether oxygens (including phenoxy) is 1. The molecule has 2 unspecified atom stereocenters. The van der Waals surface area contributed by atoms with E-state index in [0.29, 0.717) is 23.2 Å². The fraction of sp³-hybridized carbons (Fsp3) is 0.619. The number of nitrogens with one attached hydrogen (secondary N) is 1. The van der Waals surface area contributed by atoms with Gasteiger partial charge in [-0.25, -0.2) is 9.79 Å². The summed E-state index contributed by atoms with van der Waals surface area (Å²) in [5.74, 6) is 1.06. The predicted molar refractivity (Wildman–Crippen MR) is 107 cm³/mol. The lowest BCUT2D eigenvalue weighted by Gasteiger charge is -2.33. The number of hydrogen-bond acceptors (Lipinski definition) is 4. The number of likely N-dealkylation sites (tertiary alicyclic amines) is 1. The van der Waals surface area contributed by atoms with Crippen LogP contribution < -0.4 is 5.32 Å². The normalized spacial score (nSPS) is 23.8. The topological polar surface area (TPSA) is 74.2 Å². The van der Waals surface area contributed by atoms with Crippen LogP contribution in [-0.2, 0) is 4.74 Å². The van der Waals surface area contributed by atoms with Crippen LogP contribution in [0.5, 0.6) is 5.75 Å². The second kappa shape index (κ2) is 9.11. The summed E-state index contributed by atoms with van der Waals surface area (Å²) in [6.45, 7) is 4.20. The SMILES string of the molecule is COC(=O)c1ccc(O)c(NC(=NC2CCCCC2C)N2CCCCC2)c1. The number of guanidine groups is 1. The number of aliphatic imine (C=N–C) groups is 1.